The lowest BCUT2D eigenvalue weighted by Gasteiger charge is -2.12. The van der Waals surface area contributed by atoms with E-state index in [1.54, 1.807) is 6.92 Å². The smallest absolute Gasteiger partial charge is 0.322 e. The number of pyridine rings is 1. The number of amides is 1. The molecule has 0 saturated carbocycles. The first-order valence-electron chi connectivity index (χ1n) is 8.98. The Kier molecular flexibility index (Phi) is 5.91. The molecule has 1 heterocycles. The molecule has 1 N–H and O–H groups in total. The van der Waals surface area contributed by atoms with Crippen molar-refractivity contribution in [2.75, 3.05) is 5.32 Å². The van der Waals surface area contributed by atoms with Crippen molar-refractivity contribution in [2.24, 2.45) is 0 Å². The zero-order valence-electron chi connectivity index (χ0n) is 16.1. The second-order valence-corrected chi connectivity index (χ2v) is 6.76. The van der Waals surface area contributed by atoms with Crippen LogP contribution in [0.5, 0.6) is 0 Å². The molecule has 3 aromatic rings. The highest BCUT2D eigenvalue weighted by Crippen LogP contribution is 2.29. The maximum atomic E-state index is 12.9. The lowest BCUT2D eigenvalue weighted by Crippen LogP contribution is -2.29. The lowest BCUT2D eigenvalue weighted by molar-refractivity contribution is -0.384. The third-order valence-corrected chi connectivity index (χ3v) is 4.54. The van der Waals surface area contributed by atoms with Crippen molar-refractivity contribution in [2.45, 2.75) is 19.6 Å². The summed E-state index contributed by atoms with van der Waals surface area (Å²) in [4.78, 5) is 35.6. The Morgan fingerprint density at radius 1 is 1.13 bits per heavy atom. The summed E-state index contributed by atoms with van der Waals surface area (Å²) < 4.78 is 39.8. The van der Waals surface area contributed by atoms with E-state index in [9.17, 15) is 32.9 Å². The molecule has 160 valence electrons. The number of hydrogen-bond donors (Lipinski definition) is 1. The van der Waals surface area contributed by atoms with Crippen LogP contribution in [0.3, 0.4) is 0 Å². The van der Waals surface area contributed by atoms with Gasteiger partial charge in [0.25, 0.3) is 17.2 Å². The van der Waals surface area contributed by atoms with E-state index in [1.807, 2.05) is 0 Å². The number of benzene rings is 2. The fourth-order valence-electron chi connectivity index (χ4n) is 2.97. The summed E-state index contributed by atoms with van der Waals surface area (Å²) in [6.07, 6.45) is -3.14. The van der Waals surface area contributed by atoms with Crippen LogP contribution in [0.15, 0.2) is 65.6 Å². The molecular weight excluding hydrogens is 415 g/mol. The summed E-state index contributed by atoms with van der Waals surface area (Å²) >= 11 is 0. The first-order valence-corrected chi connectivity index (χ1v) is 8.98. The predicted molar refractivity (Wildman–Crippen MR) is 107 cm³/mol. The van der Waals surface area contributed by atoms with Crippen molar-refractivity contribution in [1.82, 2.24) is 4.57 Å². The minimum absolute atomic E-state index is 0.140. The first-order chi connectivity index (χ1) is 14.6. The minimum atomic E-state index is -4.51. The number of rotatable bonds is 5. The van der Waals surface area contributed by atoms with Gasteiger partial charge in [0.2, 0.25) is 0 Å². The molecule has 1 amide bonds. The zero-order valence-corrected chi connectivity index (χ0v) is 16.1. The maximum absolute atomic E-state index is 12.9. The van der Waals surface area contributed by atoms with Crippen LogP contribution in [0.1, 0.15) is 27.0 Å². The Bertz CT molecular complexity index is 1220. The number of aromatic nitrogens is 1. The van der Waals surface area contributed by atoms with Gasteiger partial charge in [0.05, 0.1) is 17.0 Å². The second-order valence-electron chi connectivity index (χ2n) is 6.76. The summed E-state index contributed by atoms with van der Waals surface area (Å²) in [7, 11) is 0. The molecule has 0 atom stereocenters. The molecule has 0 saturated heterocycles. The molecule has 0 radical (unpaired) electrons. The zero-order chi connectivity index (χ0) is 22.8. The van der Waals surface area contributed by atoms with Gasteiger partial charge in [-0.15, -0.1) is 0 Å². The van der Waals surface area contributed by atoms with E-state index >= 15 is 0 Å². The summed E-state index contributed by atoms with van der Waals surface area (Å²) in [5.74, 6) is -0.736. The highest BCUT2D eigenvalue weighted by Gasteiger charge is 2.30. The number of aryl methyl sites for hydroxylation is 1. The number of nitrogens with one attached hydrogen (secondary N) is 1. The van der Waals surface area contributed by atoms with Gasteiger partial charge in [-0.05, 0) is 48.4 Å². The van der Waals surface area contributed by atoms with E-state index in [4.69, 9.17) is 0 Å². The van der Waals surface area contributed by atoms with Crippen molar-refractivity contribution in [3.63, 3.8) is 0 Å². The number of hydrogen-bond acceptors (Lipinski definition) is 4. The highest BCUT2D eigenvalue weighted by atomic mass is 19.4. The number of carbonyl (C=O) groups is 1. The van der Waals surface area contributed by atoms with Crippen LogP contribution in [0.4, 0.5) is 24.5 Å². The van der Waals surface area contributed by atoms with Crippen molar-refractivity contribution >= 4 is 17.3 Å². The van der Waals surface area contributed by atoms with E-state index in [0.717, 1.165) is 16.7 Å². The molecule has 0 aliphatic carbocycles. The Hall–Kier alpha value is -3.95. The molecule has 7 nitrogen and oxygen atoms in total. The molecule has 10 heteroatoms. The van der Waals surface area contributed by atoms with Crippen molar-refractivity contribution in [1.29, 1.82) is 0 Å². The number of anilines is 1. The van der Waals surface area contributed by atoms with Crippen LogP contribution in [-0.2, 0) is 12.7 Å². The second kappa shape index (κ2) is 8.42. The summed E-state index contributed by atoms with van der Waals surface area (Å²) in [5, 5.41) is 13.4. The van der Waals surface area contributed by atoms with Gasteiger partial charge in [-0.3, -0.25) is 19.7 Å². The molecule has 0 spiro atoms. The predicted octanol–water partition coefficient (Wildman–Crippen LogP) is 4.38. The molecular formula is C21H16F3N3O4. The first kappa shape index (κ1) is 21.8. The summed E-state index contributed by atoms with van der Waals surface area (Å²) in [6, 6.07) is 11.2. The monoisotopic (exact) mass is 431 g/mol. The SMILES string of the molecule is Cc1cc([N+](=O)[O-])ccc1NC(=O)c1cccn(Cc2cccc(C(F)(F)F)c2)c1=O. The fraction of sp³-hybridized carbons (Fsp3) is 0.143. The molecule has 3 rings (SSSR count). The fourth-order valence-corrected chi connectivity index (χ4v) is 2.97. The van der Waals surface area contributed by atoms with E-state index in [0.29, 0.717) is 11.3 Å². The number of carbonyl (C=O) groups excluding carboxylic acids is 1. The Labute approximate surface area is 173 Å². The lowest BCUT2D eigenvalue weighted by atomic mass is 10.1. The van der Waals surface area contributed by atoms with E-state index < -0.39 is 28.1 Å². The van der Waals surface area contributed by atoms with Gasteiger partial charge in [0.1, 0.15) is 5.56 Å². The third kappa shape index (κ3) is 4.97. The molecule has 0 aliphatic rings. The van der Waals surface area contributed by atoms with Gasteiger partial charge < -0.3 is 9.88 Å². The molecule has 31 heavy (non-hydrogen) atoms. The standard InChI is InChI=1S/C21H16F3N3O4/c1-13-10-16(27(30)31)7-8-18(13)25-19(28)17-6-3-9-26(20(17)29)12-14-4-2-5-15(11-14)21(22,23)24/h2-11H,12H2,1H3,(H,25,28). The average Bonchev–Trinajstić information content (AvgIpc) is 2.70. The van der Waals surface area contributed by atoms with Crippen molar-refractivity contribution in [3.8, 4) is 0 Å². The quantitative estimate of drug-likeness (QED) is 0.479. The van der Waals surface area contributed by atoms with Crippen LogP contribution >= 0.6 is 0 Å². The van der Waals surface area contributed by atoms with Crippen molar-refractivity contribution < 1.29 is 22.9 Å². The number of alkyl halides is 3. The normalized spacial score (nSPS) is 11.2. The molecule has 0 bridgehead atoms. The number of nitro benzene ring substituents is 1. The molecule has 0 unspecified atom stereocenters. The maximum Gasteiger partial charge on any atom is 0.416 e. The largest absolute Gasteiger partial charge is 0.416 e. The summed E-state index contributed by atoms with van der Waals surface area (Å²) in [6.45, 7) is 1.42. The van der Waals surface area contributed by atoms with Crippen LogP contribution in [0.2, 0.25) is 0 Å². The van der Waals surface area contributed by atoms with E-state index in [2.05, 4.69) is 5.32 Å². The van der Waals surface area contributed by atoms with Gasteiger partial charge in [-0.25, -0.2) is 0 Å². The van der Waals surface area contributed by atoms with Crippen LogP contribution in [-0.4, -0.2) is 15.4 Å². The Balaban J connectivity index is 1.85. The molecule has 2 aromatic carbocycles. The summed E-state index contributed by atoms with van der Waals surface area (Å²) in [5.41, 5.74) is -0.893. The van der Waals surface area contributed by atoms with Crippen LogP contribution in [0.25, 0.3) is 0 Å². The Morgan fingerprint density at radius 2 is 1.87 bits per heavy atom. The van der Waals surface area contributed by atoms with Crippen LogP contribution in [0, 0.1) is 17.0 Å². The van der Waals surface area contributed by atoms with Gasteiger partial charge in [-0.2, -0.15) is 13.2 Å². The highest BCUT2D eigenvalue weighted by molar-refractivity contribution is 6.04. The number of nitro groups is 1. The number of non-ortho nitro benzene ring substituents is 1. The topological polar surface area (TPSA) is 94.2 Å². The minimum Gasteiger partial charge on any atom is -0.322 e. The van der Waals surface area contributed by atoms with Gasteiger partial charge in [-0.1, -0.05) is 12.1 Å². The van der Waals surface area contributed by atoms with Crippen LogP contribution < -0.4 is 10.9 Å². The van der Waals surface area contributed by atoms with Gasteiger partial charge in [0.15, 0.2) is 0 Å². The third-order valence-electron chi connectivity index (χ3n) is 4.54. The number of halogens is 3. The number of nitrogens with zero attached hydrogens (tertiary/aromatic N) is 2. The van der Waals surface area contributed by atoms with Gasteiger partial charge in [0, 0.05) is 24.0 Å². The Morgan fingerprint density at radius 3 is 2.52 bits per heavy atom. The van der Waals surface area contributed by atoms with E-state index in [-0.39, 0.29) is 23.4 Å². The average molecular weight is 431 g/mol. The van der Waals surface area contributed by atoms with E-state index in [1.165, 1.54) is 48.7 Å². The molecule has 0 aliphatic heterocycles. The van der Waals surface area contributed by atoms with Gasteiger partial charge >= 0.3 is 6.18 Å². The molecule has 0 fully saturated rings. The van der Waals surface area contributed by atoms with Crippen molar-refractivity contribution in [3.05, 3.63) is 104 Å². The molecule has 1 aromatic heterocycles.